The Bertz CT molecular complexity index is 1180. The molecule has 0 aliphatic rings. The number of thioether (sulfide) groups is 1. The Balaban J connectivity index is 1.94. The number of nitrogens with zero attached hydrogens (tertiary/aromatic N) is 2. The van der Waals surface area contributed by atoms with Gasteiger partial charge in [0.1, 0.15) is 16.3 Å². The summed E-state index contributed by atoms with van der Waals surface area (Å²) in [4.78, 5) is 30.1. The minimum absolute atomic E-state index is 0.146. The smallest absolute Gasteiger partial charge is 0.319 e. The highest BCUT2D eigenvalue weighted by Gasteiger charge is 2.28. The lowest BCUT2D eigenvalue weighted by Gasteiger charge is -2.18. The number of aromatic nitrogens is 2. The van der Waals surface area contributed by atoms with Gasteiger partial charge in [-0.05, 0) is 63.9 Å². The molecule has 7 nitrogen and oxygen atoms in total. The number of aliphatic hydroxyl groups is 1. The molecule has 0 atom stereocenters. The number of imidazole rings is 1. The number of aliphatic hydroxyl groups excluding tert-OH is 1. The molecule has 0 aliphatic heterocycles. The Kier molecular flexibility index (Phi) is 7.29. The molecule has 1 aromatic heterocycles. The molecule has 33 heavy (non-hydrogen) atoms. The van der Waals surface area contributed by atoms with E-state index in [1.807, 2.05) is 56.3 Å². The molecule has 0 saturated carbocycles. The average Bonchev–Trinajstić information content (AvgIpc) is 3.08. The Hall–Kier alpha value is -3.10. The Morgan fingerprint density at radius 3 is 2.36 bits per heavy atom. The number of hydrogen-bond donors (Lipinski definition) is 3. The van der Waals surface area contributed by atoms with Crippen LogP contribution in [0, 0.1) is 20.8 Å². The fourth-order valence-electron chi connectivity index (χ4n) is 3.48. The number of aliphatic carboxylic acids is 1. The predicted molar refractivity (Wildman–Crippen MR) is 131 cm³/mol. The van der Waals surface area contributed by atoms with Crippen molar-refractivity contribution >= 4 is 29.3 Å². The molecule has 0 spiro atoms. The number of carboxylic acids is 1. The number of aryl methyl sites for hydroxylation is 2. The monoisotopic (exact) mass is 467 g/mol. The Labute approximate surface area is 197 Å². The van der Waals surface area contributed by atoms with Gasteiger partial charge in [0.15, 0.2) is 0 Å². The highest BCUT2D eigenvalue weighted by molar-refractivity contribution is 8.01. The van der Waals surface area contributed by atoms with Crippen molar-refractivity contribution in [3.05, 3.63) is 65.0 Å². The quantitative estimate of drug-likeness (QED) is 0.416. The second-order valence-electron chi connectivity index (χ2n) is 8.39. The van der Waals surface area contributed by atoms with E-state index < -0.39 is 10.7 Å². The fraction of sp³-hybridized carbons (Fsp3) is 0.320. The molecule has 2 aromatic carbocycles. The molecule has 0 saturated heterocycles. The first-order chi connectivity index (χ1) is 15.5. The number of amides is 1. The van der Waals surface area contributed by atoms with Crippen LogP contribution >= 0.6 is 11.8 Å². The summed E-state index contributed by atoms with van der Waals surface area (Å²) in [6.45, 7) is 9.11. The van der Waals surface area contributed by atoms with E-state index in [1.165, 1.54) is 11.8 Å². The minimum Gasteiger partial charge on any atom is -0.480 e. The van der Waals surface area contributed by atoms with Crippen molar-refractivity contribution in [1.29, 1.82) is 0 Å². The topological polar surface area (TPSA) is 104 Å². The molecule has 0 radical (unpaired) electrons. The summed E-state index contributed by atoms with van der Waals surface area (Å²) >= 11 is 1.26. The van der Waals surface area contributed by atoms with Gasteiger partial charge < -0.3 is 20.1 Å². The van der Waals surface area contributed by atoms with Crippen LogP contribution in [-0.2, 0) is 11.3 Å². The van der Waals surface area contributed by atoms with E-state index in [1.54, 1.807) is 25.3 Å². The predicted octanol–water partition coefficient (Wildman–Crippen LogP) is 4.68. The van der Waals surface area contributed by atoms with E-state index in [2.05, 4.69) is 10.3 Å². The number of rotatable bonds is 8. The van der Waals surface area contributed by atoms with Crippen LogP contribution in [0.5, 0.6) is 0 Å². The summed E-state index contributed by atoms with van der Waals surface area (Å²) < 4.78 is 0.770. The van der Waals surface area contributed by atoms with Crippen molar-refractivity contribution in [2.45, 2.75) is 50.8 Å². The van der Waals surface area contributed by atoms with Gasteiger partial charge >= 0.3 is 5.97 Å². The average molecular weight is 468 g/mol. The van der Waals surface area contributed by atoms with Gasteiger partial charge in [0, 0.05) is 22.7 Å². The zero-order valence-electron chi connectivity index (χ0n) is 19.5. The van der Waals surface area contributed by atoms with E-state index >= 15 is 0 Å². The van der Waals surface area contributed by atoms with Gasteiger partial charge in [-0.25, -0.2) is 4.98 Å². The third-order valence-corrected chi connectivity index (χ3v) is 6.73. The molecule has 0 unspecified atom stereocenters. The maximum atomic E-state index is 13.2. The highest BCUT2D eigenvalue weighted by atomic mass is 32.2. The van der Waals surface area contributed by atoms with Crippen molar-refractivity contribution in [2.24, 2.45) is 0 Å². The molecule has 3 rings (SSSR count). The molecule has 1 amide bonds. The Morgan fingerprint density at radius 1 is 1.09 bits per heavy atom. The van der Waals surface area contributed by atoms with E-state index in [-0.39, 0.29) is 19.1 Å². The third-order valence-electron chi connectivity index (χ3n) is 5.53. The van der Waals surface area contributed by atoms with E-state index in [4.69, 9.17) is 0 Å². The summed E-state index contributed by atoms with van der Waals surface area (Å²) in [6.07, 6.45) is 0. The van der Waals surface area contributed by atoms with Crippen molar-refractivity contribution in [2.75, 3.05) is 11.9 Å². The van der Waals surface area contributed by atoms with Crippen LogP contribution in [0.25, 0.3) is 11.4 Å². The first-order valence-electron chi connectivity index (χ1n) is 10.6. The summed E-state index contributed by atoms with van der Waals surface area (Å²) in [7, 11) is 0. The van der Waals surface area contributed by atoms with Gasteiger partial charge in [-0.3, -0.25) is 9.59 Å². The highest BCUT2D eigenvalue weighted by Crippen LogP contribution is 2.34. The molecular weight excluding hydrogens is 438 g/mol. The van der Waals surface area contributed by atoms with Crippen LogP contribution in [-0.4, -0.2) is 43.0 Å². The fourth-order valence-corrected chi connectivity index (χ4v) is 4.43. The lowest BCUT2D eigenvalue weighted by atomic mass is 10.1. The molecule has 1 heterocycles. The van der Waals surface area contributed by atoms with Gasteiger partial charge in [0.25, 0.3) is 5.91 Å². The van der Waals surface area contributed by atoms with Crippen molar-refractivity contribution in [3.63, 3.8) is 0 Å². The van der Waals surface area contributed by atoms with Crippen LogP contribution in [0.2, 0.25) is 0 Å². The second-order valence-corrected chi connectivity index (χ2v) is 10.1. The number of benzene rings is 2. The summed E-state index contributed by atoms with van der Waals surface area (Å²) in [5.41, 5.74) is 4.54. The van der Waals surface area contributed by atoms with Crippen LogP contribution in [0.4, 0.5) is 5.69 Å². The molecule has 8 heteroatoms. The number of anilines is 1. The molecule has 3 aromatic rings. The molecule has 0 aliphatic carbocycles. The first-order valence-corrected chi connectivity index (χ1v) is 11.4. The standard InChI is InChI=1S/C25H29N3O4S/c1-15-7-6-8-20(16(15)2)27-23(30)21-17(3)26-22(28(21)13-14-29)18-9-11-19(12-10-18)33-25(4,5)24(31)32/h6-12,29H,13-14H2,1-5H3,(H,27,30)(H,31,32). The number of carbonyl (C=O) groups excluding carboxylic acids is 1. The van der Waals surface area contributed by atoms with Crippen LogP contribution in [0.3, 0.4) is 0 Å². The number of carbonyl (C=O) groups is 2. The minimum atomic E-state index is -0.952. The van der Waals surface area contributed by atoms with Gasteiger partial charge in [-0.1, -0.05) is 24.3 Å². The zero-order valence-corrected chi connectivity index (χ0v) is 20.3. The SMILES string of the molecule is Cc1cccc(NC(=O)c2c(C)nc(-c3ccc(SC(C)(C)C(=O)O)cc3)n2CCO)c1C. The maximum absolute atomic E-state index is 13.2. The van der Waals surface area contributed by atoms with E-state index in [0.29, 0.717) is 17.2 Å². The van der Waals surface area contributed by atoms with Gasteiger partial charge in [0.2, 0.25) is 0 Å². The maximum Gasteiger partial charge on any atom is 0.319 e. The van der Waals surface area contributed by atoms with Crippen LogP contribution in [0.15, 0.2) is 47.4 Å². The van der Waals surface area contributed by atoms with E-state index in [0.717, 1.165) is 27.3 Å². The molecule has 0 bridgehead atoms. The molecule has 3 N–H and O–H groups in total. The number of carboxylic acid groups (broad SMARTS) is 1. The third kappa shape index (κ3) is 5.29. The van der Waals surface area contributed by atoms with Crippen molar-refractivity contribution in [1.82, 2.24) is 9.55 Å². The molecule has 0 fully saturated rings. The molecular formula is C25H29N3O4S. The second kappa shape index (κ2) is 9.80. The van der Waals surface area contributed by atoms with Crippen molar-refractivity contribution < 1.29 is 19.8 Å². The summed E-state index contributed by atoms with van der Waals surface area (Å²) in [5, 5.41) is 22.0. The lowest BCUT2D eigenvalue weighted by molar-refractivity contribution is -0.138. The summed E-state index contributed by atoms with van der Waals surface area (Å²) in [6, 6.07) is 13.1. The number of nitrogens with one attached hydrogen (secondary N) is 1. The lowest BCUT2D eigenvalue weighted by Crippen LogP contribution is -2.26. The van der Waals surface area contributed by atoms with Crippen LogP contribution < -0.4 is 5.32 Å². The van der Waals surface area contributed by atoms with E-state index in [9.17, 15) is 19.8 Å². The number of hydrogen-bond acceptors (Lipinski definition) is 5. The largest absolute Gasteiger partial charge is 0.480 e. The molecule has 174 valence electrons. The van der Waals surface area contributed by atoms with Crippen LogP contribution in [0.1, 0.15) is 41.2 Å². The van der Waals surface area contributed by atoms with Gasteiger partial charge in [-0.2, -0.15) is 0 Å². The Morgan fingerprint density at radius 2 is 1.76 bits per heavy atom. The summed E-state index contributed by atoms with van der Waals surface area (Å²) in [5.74, 6) is -0.601. The van der Waals surface area contributed by atoms with Gasteiger partial charge in [0.05, 0.1) is 12.3 Å². The zero-order chi connectivity index (χ0) is 24.3. The van der Waals surface area contributed by atoms with Gasteiger partial charge in [-0.15, -0.1) is 11.8 Å². The normalized spacial score (nSPS) is 11.5. The van der Waals surface area contributed by atoms with Crippen molar-refractivity contribution in [3.8, 4) is 11.4 Å². The first kappa shape index (κ1) is 24.5.